The predicted molar refractivity (Wildman–Crippen MR) is 66.1 cm³/mol. The molecule has 2 heterocycles. The van der Waals surface area contributed by atoms with Gasteiger partial charge in [0.2, 0.25) is 6.79 Å². The number of ether oxygens (including phenoxy) is 2. The Morgan fingerprint density at radius 2 is 2.11 bits per heavy atom. The lowest BCUT2D eigenvalue weighted by atomic mass is 10.1. The molecule has 0 unspecified atom stereocenters. The van der Waals surface area contributed by atoms with Crippen molar-refractivity contribution >= 4 is 11.6 Å². The third-order valence-corrected chi connectivity index (χ3v) is 3.00. The van der Waals surface area contributed by atoms with Crippen molar-refractivity contribution < 1.29 is 9.47 Å². The molecule has 7 heteroatoms. The van der Waals surface area contributed by atoms with Gasteiger partial charge in [0, 0.05) is 11.6 Å². The fraction of sp³-hybridized carbons (Fsp3) is 0.0833. The van der Waals surface area contributed by atoms with Crippen LogP contribution in [0, 0.1) is 11.3 Å². The standard InChI is InChI=1S/C12H6ClN3O3/c13-8-2-10-9(18-5-19-10)1-6(8)11-7(3-14)12(17)16-4-15-11/h1-2,4H,5H2,(H,15,16,17). The van der Waals surface area contributed by atoms with Crippen LogP contribution in [0.4, 0.5) is 0 Å². The van der Waals surface area contributed by atoms with Crippen molar-refractivity contribution in [3.63, 3.8) is 0 Å². The molecule has 0 fully saturated rings. The average Bonchev–Trinajstić information content (AvgIpc) is 2.84. The van der Waals surface area contributed by atoms with Gasteiger partial charge in [-0.1, -0.05) is 11.6 Å². The van der Waals surface area contributed by atoms with Gasteiger partial charge >= 0.3 is 0 Å². The van der Waals surface area contributed by atoms with Crippen molar-refractivity contribution in [3.05, 3.63) is 39.4 Å². The van der Waals surface area contributed by atoms with E-state index in [9.17, 15) is 4.79 Å². The van der Waals surface area contributed by atoms with Crippen LogP contribution in [0.25, 0.3) is 11.3 Å². The summed E-state index contributed by atoms with van der Waals surface area (Å²) < 4.78 is 10.4. The van der Waals surface area contributed by atoms with Gasteiger partial charge in [0.05, 0.1) is 17.0 Å². The topological polar surface area (TPSA) is 88.0 Å². The average molecular weight is 276 g/mol. The number of nitrogens with one attached hydrogen (secondary N) is 1. The highest BCUT2D eigenvalue weighted by atomic mass is 35.5. The van der Waals surface area contributed by atoms with E-state index in [0.717, 1.165) is 0 Å². The lowest BCUT2D eigenvalue weighted by Gasteiger charge is -2.06. The first-order chi connectivity index (χ1) is 9.20. The molecule has 94 valence electrons. The number of rotatable bonds is 1. The second-order valence-electron chi connectivity index (χ2n) is 3.75. The quantitative estimate of drug-likeness (QED) is 0.855. The minimum absolute atomic E-state index is 0.0942. The molecule has 0 aliphatic carbocycles. The van der Waals surface area contributed by atoms with Gasteiger partial charge in [-0.05, 0) is 6.07 Å². The maximum atomic E-state index is 11.6. The first-order valence-electron chi connectivity index (χ1n) is 5.28. The molecule has 1 N–H and O–H groups in total. The van der Waals surface area contributed by atoms with Crippen LogP contribution in [0.2, 0.25) is 5.02 Å². The lowest BCUT2D eigenvalue weighted by Crippen LogP contribution is -2.12. The highest BCUT2D eigenvalue weighted by Crippen LogP contribution is 2.40. The molecule has 19 heavy (non-hydrogen) atoms. The molecule has 0 atom stereocenters. The van der Waals surface area contributed by atoms with Crippen molar-refractivity contribution in [3.8, 4) is 28.8 Å². The number of hydrogen-bond acceptors (Lipinski definition) is 5. The van der Waals surface area contributed by atoms with Crippen molar-refractivity contribution in [2.24, 2.45) is 0 Å². The summed E-state index contributed by atoms with van der Waals surface area (Å²) >= 11 is 6.13. The molecule has 0 saturated carbocycles. The first-order valence-corrected chi connectivity index (χ1v) is 5.66. The molecular weight excluding hydrogens is 270 g/mol. The molecule has 0 bridgehead atoms. The zero-order chi connectivity index (χ0) is 13.4. The molecule has 1 aliphatic rings. The fourth-order valence-corrected chi connectivity index (χ4v) is 2.05. The maximum absolute atomic E-state index is 11.6. The summed E-state index contributed by atoms with van der Waals surface area (Å²) in [7, 11) is 0. The van der Waals surface area contributed by atoms with Gasteiger partial charge in [0.15, 0.2) is 11.5 Å². The highest BCUT2D eigenvalue weighted by Gasteiger charge is 2.20. The van der Waals surface area contributed by atoms with E-state index in [0.29, 0.717) is 22.1 Å². The minimum atomic E-state index is -0.513. The molecule has 0 saturated heterocycles. The number of aromatic amines is 1. The predicted octanol–water partition coefficient (Wildman–Crippen LogP) is 1.69. The lowest BCUT2D eigenvalue weighted by molar-refractivity contribution is 0.174. The molecular formula is C12H6ClN3O3. The van der Waals surface area contributed by atoms with Crippen LogP contribution in [-0.4, -0.2) is 16.8 Å². The number of nitriles is 1. The second kappa shape index (κ2) is 4.30. The Morgan fingerprint density at radius 1 is 1.37 bits per heavy atom. The Hall–Kier alpha value is -2.52. The molecule has 1 aromatic carbocycles. The molecule has 0 spiro atoms. The van der Waals surface area contributed by atoms with Gasteiger partial charge in [0.1, 0.15) is 11.6 Å². The van der Waals surface area contributed by atoms with Crippen molar-refractivity contribution in [2.75, 3.05) is 6.79 Å². The van der Waals surface area contributed by atoms with Crippen LogP contribution < -0.4 is 15.0 Å². The van der Waals surface area contributed by atoms with E-state index in [1.54, 1.807) is 12.1 Å². The smallest absolute Gasteiger partial charge is 0.269 e. The summed E-state index contributed by atoms with van der Waals surface area (Å²) in [6.07, 6.45) is 1.22. The summed E-state index contributed by atoms with van der Waals surface area (Å²) in [6, 6.07) is 5.00. The van der Waals surface area contributed by atoms with E-state index in [-0.39, 0.29) is 18.1 Å². The van der Waals surface area contributed by atoms with Crippen molar-refractivity contribution in [1.82, 2.24) is 9.97 Å². The zero-order valence-corrected chi connectivity index (χ0v) is 10.2. The maximum Gasteiger partial charge on any atom is 0.269 e. The number of H-pyrrole nitrogens is 1. The van der Waals surface area contributed by atoms with E-state index >= 15 is 0 Å². The Morgan fingerprint density at radius 3 is 2.84 bits per heavy atom. The van der Waals surface area contributed by atoms with Crippen LogP contribution >= 0.6 is 11.6 Å². The Bertz CT molecular complexity index is 764. The van der Waals surface area contributed by atoms with E-state index in [4.69, 9.17) is 26.3 Å². The third-order valence-electron chi connectivity index (χ3n) is 2.68. The van der Waals surface area contributed by atoms with Crippen LogP contribution in [0.5, 0.6) is 11.5 Å². The van der Waals surface area contributed by atoms with Crippen molar-refractivity contribution in [1.29, 1.82) is 5.26 Å². The summed E-state index contributed by atoms with van der Waals surface area (Å²) in [5.41, 5.74) is 0.0626. The number of benzene rings is 1. The second-order valence-corrected chi connectivity index (χ2v) is 4.16. The van der Waals surface area contributed by atoms with Crippen LogP contribution in [0.1, 0.15) is 5.56 Å². The van der Waals surface area contributed by atoms with E-state index in [1.165, 1.54) is 6.33 Å². The molecule has 1 aromatic heterocycles. The van der Waals surface area contributed by atoms with E-state index in [1.807, 2.05) is 6.07 Å². The molecule has 0 radical (unpaired) electrons. The number of nitrogens with zero attached hydrogens (tertiary/aromatic N) is 2. The molecule has 1 aliphatic heterocycles. The molecule has 3 rings (SSSR count). The van der Waals surface area contributed by atoms with Gasteiger partial charge < -0.3 is 14.5 Å². The normalized spacial score (nSPS) is 12.2. The Balaban J connectivity index is 2.27. The summed E-state index contributed by atoms with van der Waals surface area (Å²) in [5, 5.41) is 9.37. The van der Waals surface area contributed by atoms with Crippen molar-refractivity contribution in [2.45, 2.75) is 0 Å². The SMILES string of the molecule is N#Cc1c(-c2cc3c(cc2Cl)OCO3)nc[nH]c1=O. The van der Waals surface area contributed by atoms with Gasteiger partial charge in [-0.25, -0.2) is 4.98 Å². The monoisotopic (exact) mass is 275 g/mol. The number of fused-ring (bicyclic) bond motifs is 1. The van der Waals surface area contributed by atoms with Gasteiger partial charge in [0.25, 0.3) is 5.56 Å². The summed E-state index contributed by atoms with van der Waals surface area (Å²) in [6.45, 7) is 0.114. The Kier molecular flexibility index (Phi) is 2.62. The van der Waals surface area contributed by atoms with Crippen LogP contribution in [-0.2, 0) is 0 Å². The summed E-state index contributed by atoms with van der Waals surface area (Å²) in [5.74, 6) is 1.03. The molecule has 2 aromatic rings. The van der Waals surface area contributed by atoms with E-state index < -0.39 is 5.56 Å². The van der Waals surface area contributed by atoms with E-state index in [2.05, 4.69) is 9.97 Å². The third kappa shape index (κ3) is 1.80. The van der Waals surface area contributed by atoms with Gasteiger partial charge in [-0.3, -0.25) is 4.79 Å². The number of aromatic nitrogens is 2. The number of hydrogen-bond donors (Lipinski definition) is 1. The van der Waals surface area contributed by atoms with Crippen LogP contribution in [0.3, 0.4) is 0 Å². The molecule has 0 amide bonds. The summed E-state index contributed by atoms with van der Waals surface area (Å²) in [4.78, 5) is 17.9. The highest BCUT2D eigenvalue weighted by molar-refractivity contribution is 6.33. The van der Waals surface area contributed by atoms with Gasteiger partial charge in [-0.2, -0.15) is 5.26 Å². The zero-order valence-electron chi connectivity index (χ0n) is 9.44. The first kappa shape index (κ1) is 11.6. The number of halogens is 1. The van der Waals surface area contributed by atoms with Gasteiger partial charge in [-0.15, -0.1) is 0 Å². The minimum Gasteiger partial charge on any atom is -0.454 e. The van der Waals surface area contributed by atoms with Crippen LogP contribution in [0.15, 0.2) is 23.3 Å². The Labute approximate surface area is 112 Å². The fourth-order valence-electron chi connectivity index (χ4n) is 1.81. The largest absolute Gasteiger partial charge is 0.454 e. The molecule has 6 nitrogen and oxygen atoms in total.